The maximum Gasteiger partial charge on any atom is 0.184 e. The van der Waals surface area contributed by atoms with Crippen molar-refractivity contribution in [2.45, 2.75) is 0 Å². The Kier molecular flexibility index (Phi) is 9.22. The highest BCUT2D eigenvalue weighted by atomic mass is 28.3. The van der Waals surface area contributed by atoms with Crippen molar-refractivity contribution in [3.63, 3.8) is 0 Å². The minimum absolute atomic E-state index is 1.10. The summed E-state index contributed by atoms with van der Waals surface area (Å²) < 4.78 is 0. The molecule has 0 saturated carbocycles. The summed E-state index contributed by atoms with van der Waals surface area (Å²) in [5, 5.41) is 8.04. The third kappa shape index (κ3) is 6.26. The van der Waals surface area contributed by atoms with Gasteiger partial charge in [0, 0.05) is 34.1 Å². The first kappa shape index (κ1) is 36.4. The van der Waals surface area contributed by atoms with E-state index in [1.807, 2.05) is 0 Å². The van der Waals surface area contributed by atoms with E-state index in [0.717, 1.165) is 22.7 Å². The molecule has 3 heteroatoms. The van der Waals surface area contributed by atoms with E-state index in [-0.39, 0.29) is 0 Å². The monoisotopic (exact) mass is 794 g/mol. The minimum atomic E-state index is -2.83. The predicted octanol–water partition coefficient (Wildman–Crippen LogP) is 12.8. The molecule has 11 rings (SSSR count). The second-order valence-corrected chi connectivity index (χ2v) is 19.4. The third-order valence-corrected chi connectivity index (χ3v) is 17.2. The van der Waals surface area contributed by atoms with Crippen LogP contribution in [0.15, 0.2) is 255 Å². The normalized spacial score (nSPS) is 12.7. The fraction of sp³-hybridized carbons (Fsp3) is 0. The van der Waals surface area contributed by atoms with Crippen molar-refractivity contribution in [2.75, 3.05) is 9.80 Å². The fourth-order valence-electron chi connectivity index (χ4n) is 9.59. The molecule has 0 radical (unpaired) electrons. The third-order valence-electron chi connectivity index (χ3n) is 12.3. The smallest absolute Gasteiger partial charge is 0.184 e. The molecule has 1 heterocycles. The average molecular weight is 795 g/mol. The summed E-state index contributed by atoms with van der Waals surface area (Å²) in [5.41, 5.74) is 11.8. The highest BCUT2D eigenvalue weighted by Crippen LogP contribution is 2.41. The van der Waals surface area contributed by atoms with E-state index in [9.17, 15) is 0 Å². The maximum atomic E-state index is 2.50. The second-order valence-electron chi connectivity index (χ2n) is 15.7. The van der Waals surface area contributed by atoms with Crippen molar-refractivity contribution in [3.8, 4) is 22.3 Å². The van der Waals surface area contributed by atoms with Crippen molar-refractivity contribution in [2.24, 2.45) is 0 Å². The summed E-state index contributed by atoms with van der Waals surface area (Å²) in [7, 11) is -2.83. The van der Waals surface area contributed by atoms with Crippen molar-refractivity contribution in [1.29, 1.82) is 0 Å². The summed E-state index contributed by atoms with van der Waals surface area (Å²) in [6.45, 7) is 0. The molecule has 0 aromatic heterocycles. The summed E-state index contributed by atoms with van der Waals surface area (Å²) in [5.74, 6) is 0. The van der Waals surface area contributed by atoms with Gasteiger partial charge in [-0.2, -0.15) is 0 Å². The molecule has 2 nitrogen and oxygen atoms in total. The van der Waals surface area contributed by atoms with E-state index in [4.69, 9.17) is 0 Å². The molecule has 1 aliphatic heterocycles. The zero-order chi connectivity index (χ0) is 40.6. The highest BCUT2D eigenvalue weighted by Gasteiger charge is 2.48. The van der Waals surface area contributed by atoms with Gasteiger partial charge < -0.3 is 9.80 Å². The molecule has 288 valence electrons. The van der Waals surface area contributed by atoms with Crippen molar-refractivity contribution in [3.05, 3.63) is 255 Å². The van der Waals surface area contributed by atoms with Crippen LogP contribution in [0.3, 0.4) is 0 Å². The van der Waals surface area contributed by atoms with Gasteiger partial charge in [0.05, 0.1) is 0 Å². The van der Waals surface area contributed by atoms with Gasteiger partial charge in [-0.3, -0.25) is 0 Å². The number of para-hydroxylation sites is 3. The fourth-order valence-corrected chi connectivity index (χ4v) is 14.7. The first-order valence-corrected chi connectivity index (χ1v) is 23.0. The van der Waals surface area contributed by atoms with E-state index >= 15 is 0 Å². The molecule has 0 bridgehead atoms. The van der Waals surface area contributed by atoms with Crippen LogP contribution in [0, 0.1) is 0 Å². The minimum Gasteiger partial charge on any atom is -0.311 e. The van der Waals surface area contributed by atoms with Gasteiger partial charge >= 0.3 is 0 Å². The van der Waals surface area contributed by atoms with Gasteiger partial charge in [-0.05, 0) is 114 Å². The van der Waals surface area contributed by atoms with Crippen LogP contribution in [0.25, 0.3) is 33.0 Å². The molecule has 61 heavy (non-hydrogen) atoms. The first-order valence-electron chi connectivity index (χ1n) is 21.0. The number of nitrogens with zero attached hydrogens (tertiary/aromatic N) is 2. The molecule has 0 aliphatic carbocycles. The molecule has 1 aliphatic rings. The van der Waals surface area contributed by atoms with E-state index in [1.54, 1.807) is 0 Å². The Hall–Kier alpha value is -7.72. The number of hydrogen-bond donors (Lipinski definition) is 0. The SMILES string of the molecule is c1ccc(N(c2ccc(-c3ccc4c(c3)[Si](c3ccccc3)(c3ccccc3)c3ccccc3N4c3ccccc3)cc2)c2ccc(-c3cccc4ccccc34)cc2)cc1. The van der Waals surface area contributed by atoms with Crippen molar-refractivity contribution >= 4 is 73.7 Å². The Bertz CT molecular complexity index is 3070. The van der Waals surface area contributed by atoms with Crippen molar-refractivity contribution in [1.82, 2.24) is 0 Å². The van der Waals surface area contributed by atoms with Gasteiger partial charge in [-0.25, -0.2) is 0 Å². The van der Waals surface area contributed by atoms with Gasteiger partial charge in [0.2, 0.25) is 0 Å². The lowest BCUT2D eigenvalue weighted by molar-refractivity contribution is 1.28. The Morgan fingerprint density at radius 2 is 0.820 bits per heavy atom. The summed E-state index contributed by atoms with van der Waals surface area (Å²) in [6, 6.07) is 93.6. The number of fused-ring (bicyclic) bond motifs is 3. The lowest BCUT2D eigenvalue weighted by Gasteiger charge is -2.45. The molecule has 0 fully saturated rings. The van der Waals surface area contributed by atoms with Gasteiger partial charge in [-0.15, -0.1) is 0 Å². The largest absolute Gasteiger partial charge is 0.311 e. The average Bonchev–Trinajstić information content (AvgIpc) is 3.34. The van der Waals surface area contributed by atoms with Gasteiger partial charge in [0.15, 0.2) is 8.07 Å². The van der Waals surface area contributed by atoms with E-state index in [2.05, 4.69) is 265 Å². The highest BCUT2D eigenvalue weighted by molar-refractivity contribution is 7.21. The van der Waals surface area contributed by atoms with Crippen LogP contribution in [-0.4, -0.2) is 8.07 Å². The Morgan fingerprint density at radius 3 is 1.49 bits per heavy atom. The van der Waals surface area contributed by atoms with Gasteiger partial charge in [0.1, 0.15) is 0 Å². The topological polar surface area (TPSA) is 6.48 Å². The second kappa shape index (κ2) is 15.5. The molecule has 0 atom stereocenters. The Labute approximate surface area is 358 Å². The Morgan fingerprint density at radius 1 is 0.328 bits per heavy atom. The van der Waals surface area contributed by atoms with Crippen LogP contribution in [0.2, 0.25) is 0 Å². The van der Waals surface area contributed by atoms with Crippen LogP contribution in [0.4, 0.5) is 34.1 Å². The van der Waals surface area contributed by atoms with E-state index in [1.165, 1.54) is 65.1 Å². The molecule has 0 spiro atoms. The molecule has 10 aromatic carbocycles. The van der Waals surface area contributed by atoms with Crippen molar-refractivity contribution < 1.29 is 0 Å². The quantitative estimate of drug-likeness (QED) is 0.141. The molecular weight excluding hydrogens is 753 g/mol. The lowest BCUT2D eigenvalue weighted by atomic mass is 9.98. The van der Waals surface area contributed by atoms with Gasteiger partial charge in [-0.1, -0.05) is 194 Å². The first-order chi connectivity index (χ1) is 30.3. The van der Waals surface area contributed by atoms with Crippen LogP contribution < -0.4 is 30.5 Å². The number of benzene rings is 10. The summed E-state index contributed by atoms with van der Waals surface area (Å²) in [4.78, 5) is 4.82. The molecule has 10 aromatic rings. The van der Waals surface area contributed by atoms with Crippen LogP contribution >= 0.6 is 0 Å². The molecule has 0 saturated heterocycles. The standard InChI is InChI=1S/C58H42N2Si/c1-5-20-47(21-6-1)59(50-39-34-45(35-40-50)54-29-17-19-44-18-13-14-28-53(44)54)49-37-32-43(33-38-49)46-36-41-56-58(42-46)61(51-24-9-3-10-25-51,52-26-11-4-12-27-52)57-31-16-15-30-55(57)60(56)48-22-7-2-8-23-48/h1-42H. The predicted molar refractivity (Wildman–Crippen MR) is 261 cm³/mol. The zero-order valence-corrected chi connectivity index (χ0v) is 34.6. The molecule has 0 unspecified atom stereocenters. The summed E-state index contributed by atoms with van der Waals surface area (Å²) in [6.07, 6.45) is 0. The van der Waals surface area contributed by atoms with Crippen LogP contribution in [0.1, 0.15) is 0 Å². The molecule has 0 N–H and O–H groups in total. The van der Waals surface area contributed by atoms with E-state index < -0.39 is 8.07 Å². The number of anilines is 6. The lowest BCUT2D eigenvalue weighted by Crippen LogP contribution is -2.77. The van der Waals surface area contributed by atoms with E-state index in [0.29, 0.717) is 0 Å². The number of hydrogen-bond acceptors (Lipinski definition) is 2. The Balaban J connectivity index is 1.04. The summed E-state index contributed by atoms with van der Waals surface area (Å²) >= 11 is 0. The number of rotatable bonds is 8. The van der Waals surface area contributed by atoms with Crippen LogP contribution in [0.5, 0.6) is 0 Å². The van der Waals surface area contributed by atoms with Gasteiger partial charge in [0.25, 0.3) is 0 Å². The maximum absolute atomic E-state index is 2.83. The molecular formula is C58H42N2Si. The zero-order valence-electron chi connectivity index (χ0n) is 33.6. The van der Waals surface area contributed by atoms with Crippen LogP contribution in [-0.2, 0) is 0 Å². The molecule has 0 amide bonds.